The highest BCUT2D eigenvalue weighted by Crippen LogP contribution is 2.37. The molecule has 0 bridgehead atoms. The predicted octanol–water partition coefficient (Wildman–Crippen LogP) is 5.87. The number of hydrogen-bond acceptors (Lipinski definition) is 4. The lowest BCUT2D eigenvalue weighted by molar-refractivity contribution is -0.164. The number of carbonyl (C=O) groups excluding carboxylic acids is 3. The van der Waals surface area contributed by atoms with Crippen LogP contribution in [0.2, 0.25) is 0 Å². The Morgan fingerprint density at radius 3 is 1.91 bits per heavy atom. The van der Waals surface area contributed by atoms with Crippen molar-refractivity contribution in [1.82, 2.24) is 14.7 Å². The molecule has 0 radical (unpaired) electrons. The van der Waals surface area contributed by atoms with Crippen molar-refractivity contribution in [2.45, 2.75) is 50.6 Å². The Bertz CT molecular complexity index is 1480. The van der Waals surface area contributed by atoms with E-state index >= 15 is 0 Å². The fourth-order valence-corrected chi connectivity index (χ4v) is 5.51. The maximum Gasteiger partial charge on any atom is 0.416 e. The molecule has 2 atom stereocenters. The Balaban J connectivity index is 1.44. The lowest BCUT2D eigenvalue weighted by atomic mass is 9.96. The number of benzene rings is 3. The first-order chi connectivity index (χ1) is 20.8. The molecular weight excluding hydrogens is 592 g/mol. The van der Waals surface area contributed by atoms with Crippen LogP contribution in [0.15, 0.2) is 78.9 Å². The maximum absolute atomic E-state index is 13.7. The summed E-state index contributed by atoms with van der Waals surface area (Å²) < 4.78 is 85.6. The normalized spacial score (nSPS) is 19.2. The van der Waals surface area contributed by atoms with Gasteiger partial charge in [0, 0.05) is 19.0 Å². The summed E-state index contributed by atoms with van der Waals surface area (Å²) in [6.45, 7) is -1.05. The van der Waals surface area contributed by atoms with Crippen LogP contribution < -0.4 is 0 Å². The van der Waals surface area contributed by atoms with Gasteiger partial charge in [0.2, 0.25) is 11.8 Å². The van der Waals surface area contributed by atoms with Crippen LogP contribution in [-0.2, 0) is 46.3 Å². The highest BCUT2D eigenvalue weighted by molar-refractivity contribution is 5.88. The Morgan fingerprint density at radius 1 is 0.773 bits per heavy atom. The van der Waals surface area contributed by atoms with Crippen LogP contribution in [-0.4, -0.2) is 57.9 Å². The molecule has 2 heterocycles. The van der Waals surface area contributed by atoms with Crippen molar-refractivity contribution in [2.24, 2.45) is 0 Å². The molecule has 2 aliphatic heterocycles. The summed E-state index contributed by atoms with van der Waals surface area (Å²) in [5.74, 6) is -0.697. The molecule has 232 valence electrons. The minimum atomic E-state index is -5.06. The third-order valence-electron chi connectivity index (χ3n) is 7.60. The second-order valence-corrected chi connectivity index (χ2v) is 10.7. The van der Waals surface area contributed by atoms with Crippen molar-refractivity contribution in [3.05, 3.63) is 107 Å². The van der Waals surface area contributed by atoms with E-state index in [1.54, 1.807) is 42.5 Å². The number of rotatable bonds is 6. The van der Waals surface area contributed by atoms with Crippen LogP contribution in [0.1, 0.15) is 34.2 Å². The Morgan fingerprint density at radius 2 is 1.34 bits per heavy atom. The lowest BCUT2D eigenvalue weighted by Crippen LogP contribution is -2.70. The fraction of sp³-hybridized carbons (Fsp3) is 0.323. The van der Waals surface area contributed by atoms with Gasteiger partial charge in [0.15, 0.2) is 0 Å². The quantitative estimate of drug-likeness (QED) is 0.324. The van der Waals surface area contributed by atoms with Crippen LogP contribution in [0.5, 0.6) is 0 Å². The zero-order chi connectivity index (χ0) is 31.6. The number of halogens is 6. The zero-order valence-corrected chi connectivity index (χ0v) is 23.1. The molecule has 3 aromatic carbocycles. The molecule has 13 heteroatoms. The number of nitrogens with zero attached hydrogens (tertiary/aromatic N) is 3. The van der Waals surface area contributed by atoms with Gasteiger partial charge in [-0.2, -0.15) is 26.3 Å². The second-order valence-electron chi connectivity index (χ2n) is 10.7. The van der Waals surface area contributed by atoms with E-state index < -0.39 is 54.0 Å². The van der Waals surface area contributed by atoms with Crippen LogP contribution in [0, 0.1) is 0 Å². The molecule has 2 saturated heterocycles. The van der Waals surface area contributed by atoms with Gasteiger partial charge in [-0.3, -0.25) is 14.5 Å². The third kappa shape index (κ3) is 6.98. The monoisotopic (exact) mass is 619 g/mol. The van der Waals surface area contributed by atoms with Crippen LogP contribution in [0.3, 0.4) is 0 Å². The van der Waals surface area contributed by atoms with Crippen LogP contribution >= 0.6 is 0 Å². The number of ether oxygens (including phenoxy) is 1. The number of fused-ring (bicyclic) bond motifs is 1. The Labute approximate surface area is 248 Å². The number of carbonyl (C=O) groups is 3. The first-order valence-electron chi connectivity index (χ1n) is 13.7. The van der Waals surface area contributed by atoms with Crippen molar-refractivity contribution in [2.75, 3.05) is 13.1 Å². The summed E-state index contributed by atoms with van der Waals surface area (Å²) in [6.07, 6.45) is -12.1. The Hall–Kier alpha value is -4.55. The van der Waals surface area contributed by atoms with Gasteiger partial charge in [-0.1, -0.05) is 60.7 Å². The number of alkyl halides is 6. The number of hydrogen-bond donors (Lipinski definition) is 0. The minimum absolute atomic E-state index is 0.00427. The van der Waals surface area contributed by atoms with Gasteiger partial charge in [-0.05, 0) is 41.3 Å². The molecule has 2 unspecified atom stereocenters. The zero-order valence-electron chi connectivity index (χ0n) is 23.1. The van der Waals surface area contributed by atoms with Gasteiger partial charge >= 0.3 is 18.4 Å². The van der Waals surface area contributed by atoms with E-state index in [0.717, 1.165) is 11.1 Å². The number of amides is 3. The molecule has 2 fully saturated rings. The van der Waals surface area contributed by atoms with E-state index in [1.165, 1.54) is 14.7 Å². The summed E-state index contributed by atoms with van der Waals surface area (Å²) in [5, 5.41) is 0. The summed E-state index contributed by atoms with van der Waals surface area (Å²) in [5.41, 5.74) is -1.96. The highest BCUT2D eigenvalue weighted by Gasteiger charge is 2.48. The first-order valence-corrected chi connectivity index (χ1v) is 13.7. The smallest absolute Gasteiger partial charge is 0.416 e. The molecule has 7 nitrogen and oxygen atoms in total. The fourth-order valence-electron chi connectivity index (χ4n) is 5.51. The minimum Gasteiger partial charge on any atom is -0.444 e. The number of piperazine rings is 1. The SMILES string of the molecule is O=C1CN2C(=O)CC(Cc3ccccc3)N(C(=O)OCc3cc(C(F)(F)F)cc(C(F)(F)F)c3)C2CN1Cc1ccccc1. The van der Waals surface area contributed by atoms with Crippen LogP contribution in [0.25, 0.3) is 0 Å². The molecule has 0 aromatic heterocycles. The molecule has 0 spiro atoms. The molecule has 3 aromatic rings. The summed E-state index contributed by atoms with van der Waals surface area (Å²) in [7, 11) is 0. The molecule has 44 heavy (non-hydrogen) atoms. The van der Waals surface area contributed by atoms with Crippen molar-refractivity contribution < 1.29 is 45.5 Å². The highest BCUT2D eigenvalue weighted by atomic mass is 19.4. The molecule has 0 saturated carbocycles. The topological polar surface area (TPSA) is 70.2 Å². The molecule has 0 N–H and O–H groups in total. The summed E-state index contributed by atoms with van der Waals surface area (Å²) >= 11 is 0. The second kappa shape index (κ2) is 12.2. The molecule has 0 aliphatic carbocycles. The van der Waals surface area contributed by atoms with Gasteiger partial charge in [-0.25, -0.2) is 4.79 Å². The van der Waals surface area contributed by atoms with E-state index in [2.05, 4.69) is 0 Å². The molecule has 2 aliphatic rings. The molecule has 5 rings (SSSR count). The summed E-state index contributed by atoms with van der Waals surface area (Å²) in [6, 6.07) is 18.3. The van der Waals surface area contributed by atoms with Gasteiger partial charge in [0.05, 0.1) is 17.7 Å². The first kappa shape index (κ1) is 30.9. The van der Waals surface area contributed by atoms with Crippen molar-refractivity contribution >= 4 is 17.9 Å². The maximum atomic E-state index is 13.7. The van der Waals surface area contributed by atoms with E-state index in [0.29, 0.717) is 12.1 Å². The van der Waals surface area contributed by atoms with Gasteiger partial charge in [0.1, 0.15) is 19.3 Å². The van der Waals surface area contributed by atoms with E-state index in [-0.39, 0.29) is 50.4 Å². The average molecular weight is 620 g/mol. The van der Waals surface area contributed by atoms with Crippen molar-refractivity contribution in [3.8, 4) is 0 Å². The standard InChI is InChI=1S/C31H27F6N3O4/c32-30(33,34)23-11-22(12-24(14-23)31(35,36)37)19-44-29(43)40-25(13-20-7-3-1-4-8-20)15-27(41)39-18-28(42)38(17-26(39)40)16-21-9-5-2-6-10-21/h1-12,14,25-26H,13,15-19H2. The Kier molecular flexibility index (Phi) is 8.57. The predicted molar refractivity (Wildman–Crippen MR) is 144 cm³/mol. The average Bonchev–Trinajstić information content (AvgIpc) is 2.97. The third-order valence-corrected chi connectivity index (χ3v) is 7.60. The molecular formula is C31H27F6N3O4. The summed E-state index contributed by atoms with van der Waals surface area (Å²) in [4.78, 5) is 43.9. The van der Waals surface area contributed by atoms with E-state index in [4.69, 9.17) is 4.74 Å². The van der Waals surface area contributed by atoms with Crippen LogP contribution in [0.4, 0.5) is 31.1 Å². The largest absolute Gasteiger partial charge is 0.444 e. The van der Waals surface area contributed by atoms with Crippen molar-refractivity contribution in [1.29, 1.82) is 0 Å². The van der Waals surface area contributed by atoms with Crippen molar-refractivity contribution in [3.63, 3.8) is 0 Å². The van der Waals surface area contributed by atoms with E-state index in [9.17, 15) is 40.7 Å². The van der Waals surface area contributed by atoms with Gasteiger partial charge in [0.25, 0.3) is 0 Å². The van der Waals surface area contributed by atoms with E-state index in [1.807, 2.05) is 18.2 Å². The molecule has 3 amide bonds. The van der Waals surface area contributed by atoms with Gasteiger partial charge < -0.3 is 14.5 Å². The lowest BCUT2D eigenvalue weighted by Gasteiger charge is -2.51. The van der Waals surface area contributed by atoms with Gasteiger partial charge in [-0.15, -0.1) is 0 Å².